The van der Waals surface area contributed by atoms with Crippen LogP contribution in [0.4, 0.5) is 5.69 Å². The zero-order valence-electron chi connectivity index (χ0n) is 15.1. The molecule has 2 aromatic carbocycles. The van der Waals surface area contributed by atoms with E-state index in [4.69, 9.17) is 21.7 Å². The molecule has 0 saturated carbocycles. The van der Waals surface area contributed by atoms with Gasteiger partial charge in [0.2, 0.25) is 0 Å². The predicted molar refractivity (Wildman–Crippen MR) is 119 cm³/mol. The molecule has 1 aliphatic heterocycles. The lowest BCUT2D eigenvalue weighted by Gasteiger charge is -2.14. The second-order valence-corrected chi connectivity index (χ2v) is 8.60. The van der Waals surface area contributed by atoms with Gasteiger partial charge >= 0.3 is 0 Å². The van der Waals surface area contributed by atoms with E-state index in [0.29, 0.717) is 9.23 Å². The van der Waals surface area contributed by atoms with Gasteiger partial charge < -0.3 is 9.47 Å². The summed E-state index contributed by atoms with van der Waals surface area (Å²) in [7, 11) is 1.60. The Labute approximate surface area is 176 Å². The third-order valence-corrected chi connectivity index (χ3v) is 5.66. The van der Waals surface area contributed by atoms with Crippen LogP contribution in [0.3, 0.4) is 0 Å². The highest BCUT2D eigenvalue weighted by atomic mass is 79.9. The minimum atomic E-state index is -0.131. The van der Waals surface area contributed by atoms with E-state index in [1.54, 1.807) is 7.11 Å². The van der Waals surface area contributed by atoms with E-state index < -0.39 is 0 Å². The number of rotatable bonds is 5. The van der Waals surface area contributed by atoms with Crippen LogP contribution in [0.25, 0.3) is 6.08 Å². The Morgan fingerprint density at radius 2 is 1.89 bits per heavy atom. The fourth-order valence-electron chi connectivity index (χ4n) is 2.53. The Morgan fingerprint density at radius 1 is 1.19 bits per heavy atom. The molecular formula is C20H18BrNO3S2. The lowest BCUT2D eigenvalue weighted by atomic mass is 10.2. The van der Waals surface area contributed by atoms with Crippen molar-refractivity contribution in [1.82, 2.24) is 0 Å². The molecule has 0 atom stereocenters. The summed E-state index contributed by atoms with van der Waals surface area (Å²) < 4.78 is 12.2. The van der Waals surface area contributed by atoms with Gasteiger partial charge in [-0.25, -0.2) is 0 Å². The lowest BCUT2D eigenvalue weighted by Crippen LogP contribution is -2.27. The van der Waals surface area contributed by atoms with Gasteiger partial charge in [-0.15, -0.1) is 0 Å². The van der Waals surface area contributed by atoms with Gasteiger partial charge in [0.05, 0.1) is 28.3 Å². The Balaban J connectivity index is 1.84. The van der Waals surface area contributed by atoms with Crippen LogP contribution in [0.2, 0.25) is 0 Å². The second-order valence-electron chi connectivity index (χ2n) is 6.07. The van der Waals surface area contributed by atoms with Gasteiger partial charge in [-0.05, 0) is 77.8 Å². The first kappa shape index (κ1) is 19.9. The number of benzene rings is 2. The molecule has 0 bridgehead atoms. The van der Waals surface area contributed by atoms with Crippen molar-refractivity contribution >= 4 is 61.9 Å². The summed E-state index contributed by atoms with van der Waals surface area (Å²) in [6.45, 7) is 3.95. The third kappa shape index (κ3) is 4.54. The maximum atomic E-state index is 12.9. The number of thioether (sulfide) groups is 1. The number of carbonyl (C=O) groups excluding carboxylic acids is 1. The normalized spacial score (nSPS) is 15.7. The molecule has 3 rings (SSSR count). The molecule has 0 aliphatic carbocycles. The minimum absolute atomic E-state index is 0.0906. The number of carbonyl (C=O) groups is 1. The number of ether oxygens (including phenoxy) is 2. The van der Waals surface area contributed by atoms with Gasteiger partial charge in [0.15, 0.2) is 4.32 Å². The molecule has 1 fully saturated rings. The maximum Gasteiger partial charge on any atom is 0.270 e. The quantitative estimate of drug-likeness (QED) is 0.422. The summed E-state index contributed by atoms with van der Waals surface area (Å²) in [5.74, 6) is 1.37. The van der Waals surface area contributed by atoms with Crippen molar-refractivity contribution in [2.75, 3.05) is 12.0 Å². The third-order valence-electron chi connectivity index (χ3n) is 3.74. The van der Waals surface area contributed by atoms with Crippen LogP contribution in [0, 0.1) is 0 Å². The molecule has 1 aliphatic rings. The first-order valence-electron chi connectivity index (χ1n) is 8.27. The van der Waals surface area contributed by atoms with E-state index in [9.17, 15) is 4.79 Å². The van der Waals surface area contributed by atoms with E-state index in [0.717, 1.165) is 27.2 Å². The van der Waals surface area contributed by atoms with Gasteiger partial charge in [-0.3, -0.25) is 9.69 Å². The van der Waals surface area contributed by atoms with Gasteiger partial charge in [0.1, 0.15) is 11.5 Å². The summed E-state index contributed by atoms with van der Waals surface area (Å²) in [5.41, 5.74) is 1.62. The number of amides is 1. The fourth-order valence-corrected chi connectivity index (χ4v) is 4.32. The number of anilines is 1. The number of halogens is 1. The first-order valence-corrected chi connectivity index (χ1v) is 10.3. The molecule has 0 N–H and O–H groups in total. The molecule has 0 aromatic heterocycles. The summed E-state index contributed by atoms with van der Waals surface area (Å²) in [6, 6.07) is 13.0. The molecule has 2 aromatic rings. The van der Waals surface area contributed by atoms with E-state index >= 15 is 0 Å². The van der Waals surface area contributed by atoms with E-state index in [1.807, 2.05) is 62.4 Å². The van der Waals surface area contributed by atoms with Crippen LogP contribution in [-0.2, 0) is 4.79 Å². The molecule has 0 spiro atoms. The molecular weight excluding hydrogens is 446 g/mol. The van der Waals surface area contributed by atoms with Crippen molar-refractivity contribution in [2.24, 2.45) is 0 Å². The highest BCUT2D eigenvalue weighted by molar-refractivity contribution is 9.10. The van der Waals surface area contributed by atoms with Crippen LogP contribution in [0.5, 0.6) is 11.5 Å². The molecule has 4 nitrogen and oxygen atoms in total. The number of thiocarbonyl (C=S) groups is 1. The smallest absolute Gasteiger partial charge is 0.270 e. The van der Waals surface area contributed by atoms with E-state index in [1.165, 1.54) is 16.7 Å². The average Bonchev–Trinajstić information content (AvgIpc) is 2.91. The summed E-state index contributed by atoms with van der Waals surface area (Å²) in [4.78, 5) is 15.0. The molecule has 27 heavy (non-hydrogen) atoms. The van der Waals surface area contributed by atoms with Gasteiger partial charge in [-0.2, -0.15) is 0 Å². The average molecular weight is 464 g/mol. The summed E-state index contributed by atoms with van der Waals surface area (Å²) in [6.07, 6.45) is 1.93. The monoisotopic (exact) mass is 463 g/mol. The minimum Gasteiger partial charge on any atom is -0.497 e. The van der Waals surface area contributed by atoms with E-state index in [2.05, 4.69) is 15.9 Å². The zero-order valence-corrected chi connectivity index (χ0v) is 18.3. The highest BCUT2D eigenvalue weighted by Gasteiger charge is 2.33. The van der Waals surface area contributed by atoms with Crippen molar-refractivity contribution in [3.63, 3.8) is 0 Å². The largest absolute Gasteiger partial charge is 0.497 e. The van der Waals surface area contributed by atoms with Crippen LogP contribution in [0.15, 0.2) is 51.8 Å². The Morgan fingerprint density at radius 3 is 2.48 bits per heavy atom. The molecule has 7 heteroatoms. The molecule has 140 valence electrons. The highest BCUT2D eigenvalue weighted by Crippen LogP contribution is 2.37. The van der Waals surface area contributed by atoms with Crippen LogP contribution in [-0.4, -0.2) is 23.4 Å². The summed E-state index contributed by atoms with van der Waals surface area (Å²) >= 11 is 10.2. The van der Waals surface area contributed by atoms with Crippen molar-refractivity contribution in [3.8, 4) is 11.5 Å². The van der Waals surface area contributed by atoms with Crippen LogP contribution in [0.1, 0.15) is 19.4 Å². The SMILES string of the molecule is COc1ccc(N2C(=O)/C(=C\c3ccc(OC(C)C)c(Br)c3)SC2=S)cc1. The van der Waals surface area contributed by atoms with Crippen LogP contribution >= 0.6 is 39.9 Å². The maximum absolute atomic E-state index is 12.9. The number of methoxy groups -OCH3 is 1. The van der Waals surface area contributed by atoms with E-state index in [-0.39, 0.29) is 12.0 Å². The van der Waals surface area contributed by atoms with Crippen molar-refractivity contribution < 1.29 is 14.3 Å². The fraction of sp³-hybridized carbons (Fsp3) is 0.200. The van der Waals surface area contributed by atoms with Gasteiger partial charge in [-0.1, -0.05) is 30.0 Å². The van der Waals surface area contributed by atoms with Crippen molar-refractivity contribution in [3.05, 3.63) is 57.4 Å². The summed E-state index contributed by atoms with van der Waals surface area (Å²) in [5, 5.41) is 0. The Kier molecular flexibility index (Phi) is 6.24. The van der Waals surface area contributed by atoms with Gasteiger partial charge in [0.25, 0.3) is 5.91 Å². The predicted octanol–water partition coefficient (Wildman–Crippen LogP) is 5.65. The molecule has 1 heterocycles. The second kappa shape index (κ2) is 8.46. The van der Waals surface area contributed by atoms with Crippen molar-refractivity contribution in [2.45, 2.75) is 20.0 Å². The lowest BCUT2D eigenvalue weighted by molar-refractivity contribution is -0.113. The number of hydrogen-bond donors (Lipinski definition) is 0. The first-order chi connectivity index (χ1) is 12.9. The number of hydrogen-bond acceptors (Lipinski definition) is 5. The topological polar surface area (TPSA) is 38.8 Å². The Bertz CT molecular complexity index is 910. The standard InChI is InChI=1S/C20H18BrNO3S2/c1-12(2)25-17-9-4-13(10-16(17)21)11-18-19(23)22(20(26)27-18)14-5-7-15(24-3)8-6-14/h4-12H,1-3H3/b18-11+. The molecule has 1 amide bonds. The molecule has 0 unspecified atom stereocenters. The molecule has 1 saturated heterocycles. The molecule has 0 radical (unpaired) electrons. The Hall–Kier alpha value is -1.83. The van der Waals surface area contributed by atoms with Gasteiger partial charge in [0, 0.05) is 0 Å². The van der Waals surface area contributed by atoms with Crippen LogP contribution < -0.4 is 14.4 Å². The number of nitrogens with zero attached hydrogens (tertiary/aromatic N) is 1. The van der Waals surface area contributed by atoms with Crippen molar-refractivity contribution in [1.29, 1.82) is 0 Å². The zero-order chi connectivity index (χ0) is 19.6.